The van der Waals surface area contributed by atoms with Crippen LogP contribution >= 0.6 is 0 Å². The summed E-state index contributed by atoms with van der Waals surface area (Å²) < 4.78 is 0. The molecule has 0 aliphatic carbocycles. The van der Waals surface area contributed by atoms with Crippen LogP contribution in [-0.4, -0.2) is 47.9 Å². The molecule has 1 amide bonds. The van der Waals surface area contributed by atoms with E-state index in [0.29, 0.717) is 23.2 Å². The normalized spacial score (nSPS) is 26.2. The van der Waals surface area contributed by atoms with E-state index in [4.69, 9.17) is 5.26 Å². The average molecular weight is 255 g/mol. The summed E-state index contributed by atoms with van der Waals surface area (Å²) in [6.07, 6.45) is 2.12. The number of carbonyl (C=O) groups excluding carboxylic acids is 1. The van der Waals surface area contributed by atoms with E-state index in [1.54, 1.807) is 24.3 Å². The van der Waals surface area contributed by atoms with Crippen molar-refractivity contribution in [2.24, 2.45) is 0 Å². The number of benzene rings is 1. The SMILES string of the molecule is CN1CC[C@@H]2[C@@H]1CCN2C(=O)c1cccc(C#N)c1. The smallest absolute Gasteiger partial charge is 0.254 e. The van der Waals surface area contributed by atoms with Crippen molar-refractivity contribution in [2.45, 2.75) is 24.9 Å². The highest BCUT2D eigenvalue weighted by atomic mass is 16.2. The van der Waals surface area contributed by atoms with E-state index < -0.39 is 0 Å². The molecule has 98 valence electrons. The van der Waals surface area contributed by atoms with E-state index in [1.165, 1.54) is 0 Å². The quantitative estimate of drug-likeness (QED) is 0.763. The number of rotatable bonds is 1. The molecular formula is C15H17N3O. The minimum atomic E-state index is 0.0694. The lowest BCUT2D eigenvalue weighted by molar-refractivity contribution is 0.0733. The van der Waals surface area contributed by atoms with Crippen LogP contribution in [0.5, 0.6) is 0 Å². The van der Waals surface area contributed by atoms with Crippen molar-refractivity contribution < 1.29 is 4.79 Å². The maximum atomic E-state index is 12.6. The van der Waals surface area contributed by atoms with E-state index >= 15 is 0 Å². The monoisotopic (exact) mass is 255 g/mol. The molecular weight excluding hydrogens is 238 g/mol. The summed E-state index contributed by atoms with van der Waals surface area (Å²) in [7, 11) is 2.13. The van der Waals surface area contributed by atoms with Gasteiger partial charge < -0.3 is 9.80 Å². The first-order valence-corrected chi connectivity index (χ1v) is 6.72. The molecule has 1 aromatic carbocycles. The average Bonchev–Trinajstić information content (AvgIpc) is 3.01. The molecule has 2 aliphatic heterocycles. The lowest BCUT2D eigenvalue weighted by Crippen LogP contribution is -2.38. The van der Waals surface area contributed by atoms with Gasteiger partial charge in [-0.05, 0) is 38.1 Å². The Kier molecular flexibility index (Phi) is 3.00. The van der Waals surface area contributed by atoms with Crippen molar-refractivity contribution in [1.82, 2.24) is 9.80 Å². The Labute approximate surface area is 113 Å². The topological polar surface area (TPSA) is 47.3 Å². The molecule has 0 spiro atoms. The second kappa shape index (κ2) is 4.67. The van der Waals surface area contributed by atoms with Crippen molar-refractivity contribution in [2.75, 3.05) is 20.1 Å². The van der Waals surface area contributed by atoms with E-state index in [2.05, 4.69) is 18.0 Å². The summed E-state index contributed by atoms with van der Waals surface area (Å²) in [5, 5.41) is 8.91. The standard InChI is InChI=1S/C15H17N3O/c1-17-7-5-14-13(17)6-8-18(14)15(19)12-4-2-3-11(9-12)10-16/h2-4,9,13-14H,5-8H2,1H3/t13-,14+/m0/s1. The fourth-order valence-electron chi connectivity index (χ4n) is 3.34. The van der Waals surface area contributed by atoms with Gasteiger partial charge in [0.2, 0.25) is 0 Å². The highest BCUT2D eigenvalue weighted by Crippen LogP contribution is 2.31. The Balaban J connectivity index is 1.83. The second-order valence-electron chi connectivity index (χ2n) is 5.38. The molecule has 4 heteroatoms. The summed E-state index contributed by atoms with van der Waals surface area (Å²) in [6.45, 7) is 1.90. The molecule has 2 fully saturated rings. The van der Waals surface area contributed by atoms with Gasteiger partial charge in [0.15, 0.2) is 0 Å². The third-order valence-corrected chi connectivity index (χ3v) is 4.35. The van der Waals surface area contributed by atoms with E-state index in [9.17, 15) is 4.79 Å². The number of nitriles is 1. The zero-order valence-electron chi connectivity index (χ0n) is 11.0. The number of amides is 1. The van der Waals surface area contributed by atoms with Crippen LogP contribution < -0.4 is 0 Å². The highest BCUT2D eigenvalue weighted by Gasteiger charge is 2.42. The lowest BCUT2D eigenvalue weighted by atomic mass is 10.1. The minimum absolute atomic E-state index is 0.0694. The molecule has 0 saturated carbocycles. The summed E-state index contributed by atoms with van der Waals surface area (Å²) in [5.41, 5.74) is 1.18. The molecule has 1 aromatic rings. The Bertz CT molecular complexity index is 549. The zero-order valence-corrected chi connectivity index (χ0v) is 11.0. The van der Waals surface area contributed by atoms with Gasteiger partial charge in [-0.3, -0.25) is 4.79 Å². The predicted molar refractivity (Wildman–Crippen MR) is 71.6 cm³/mol. The van der Waals surface area contributed by atoms with Gasteiger partial charge in [-0.2, -0.15) is 5.26 Å². The molecule has 0 aromatic heterocycles. The summed E-state index contributed by atoms with van der Waals surface area (Å²) in [5.74, 6) is 0.0694. The van der Waals surface area contributed by atoms with Crippen LogP contribution in [0, 0.1) is 11.3 Å². The third kappa shape index (κ3) is 2.00. The van der Waals surface area contributed by atoms with Crippen molar-refractivity contribution in [3.63, 3.8) is 0 Å². The first-order valence-electron chi connectivity index (χ1n) is 6.72. The molecule has 0 radical (unpaired) electrons. The molecule has 19 heavy (non-hydrogen) atoms. The van der Waals surface area contributed by atoms with Crippen molar-refractivity contribution >= 4 is 5.91 Å². The van der Waals surface area contributed by atoms with E-state index in [0.717, 1.165) is 25.9 Å². The summed E-state index contributed by atoms with van der Waals surface area (Å²) in [4.78, 5) is 16.9. The molecule has 4 nitrogen and oxygen atoms in total. The van der Waals surface area contributed by atoms with Crippen LogP contribution in [-0.2, 0) is 0 Å². The molecule has 2 saturated heterocycles. The molecule has 2 atom stereocenters. The number of likely N-dealkylation sites (N-methyl/N-ethyl adjacent to an activating group) is 1. The second-order valence-corrected chi connectivity index (χ2v) is 5.38. The first-order chi connectivity index (χ1) is 9.20. The fraction of sp³-hybridized carbons (Fsp3) is 0.467. The molecule has 2 heterocycles. The van der Waals surface area contributed by atoms with Crippen molar-refractivity contribution in [3.8, 4) is 6.07 Å². The van der Waals surface area contributed by atoms with Crippen LogP contribution in [0.1, 0.15) is 28.8 Å². The highest BCUT2D eigenvalue weighted by molar-refractivity contribution is 5.95. The van der Waals surface area contributed by atoms with Crippen molar-refractivity contribution in [1.29, 1.82) is 5.26 Å². The molecule has 0 bridgehead atoms. The Morgan fingerprint density at radius 3 is 2.89 bits per heavy atom. The largest absolute Gasteiger partial charge is 0.334 e. The van der Waals surface area contributed by atoms with Crippen LogP contribution in [0.3, 0.4) is 0 Å². The van der Waals surface area contributed by atoms with Gasteiger partial charge in [0, 0.05) is 30.7 Å². The molecule has 0 N–H and O–H groups in total. The number of hydrogen-bond acceptors (Lipinski definition) is 3. The minimum Gasteiger partial charge on any atom is -0.334 e. The van der Waals surface area contributed by atoms with Crippen molar-refractivity contribution in [3.05, 3.63) is 35.4 Å². The lowest BCUT2D eigenvalue weighted by Gasteiger charge is -2.24. The number of fused-ring (bicyclic) bond motifs is 1. The van der Waals surface area contributed by atoms with E-state index in [1.807, 2.05) is 4.90 Å². The van der Waals surface area contributed by atoms with Crippen LogP contribution in [0.2, 0.25) is 0 Å². The third-order valence-electron chi connectivity index (χ3n) is 4.35. The zero-order chi connectivity index (χ0) is 13.4. The number of nitrogens with zero attached hydrogens (tertiary/aromatic N) is 3. The number of likely N-dealkylation sites (tertiary alicyclic amines) is 2. The Morgan fingerprint density at radius 1 is 1.32 bits per heavy atom. The van der Waals surface area contributed by atoms with Gasteiger partial charge in [0.25, 0.3) is 5.91 Å². The van der Waals surface area contributed by atoms with Gasteiger partial charge >= 0.3 is 0 Å². The van der Waals surface area contributed by atoms with Crippen LogP contribution in [0.15, 0.2) is 24.3 Å². The summed E-state index contributed by atoms with van der Waals surface area (Å²) in [6, 6.07) is 9.95. The van der Waals surface area contributed by atoms with E-state index in [-0.39, 0.29) is 5.91 Å². The fourth-order valence-corrected chi connectivity index (χ4v) is 3.34. The Hall–Kier alpha value is -1.86. The van der Waals surface area contributed by atoms with Gasteiger partial charge in [-0.15, -0.1) is 0 Å². The maximum absolute atomic E-state index is 12.6. The number of carbonyl (C=O) groups is 1. The van der Waals surface area contributed by atoms with Gasteiger partial charge in [0.05, 0.1) is 11.6 Å². The first kappa shape index (κ1) is 12.2. The van der Waals surface area contributed by atoms with Crippen LogP contribution in [0.4, 0.5) is 0 Å². The molecule has 0 unspecified atom stereocenters. The summed E-state index contributed by atoms with van der Waals surface area (Å²) >= 11 is 0. The predicted octanol–water partition coefficient (Wildman–Crippen LogP) is 1.48. The van der Waals surface area contributed by atoms with Gasteiger partial charge in [-0.25, -0.2) is 0 Å². The number of hydrogen-bond donors (Lipinski definition) is 0. The molecule has 3 rings (SSSR count). The van der Waals surface area contributed by atoms with Gasteiger partial charge in [0.1, 0.15) is 0 Å². The molecule has 2 aliphatic rings. The Morgan fingerprint density at radius 2 is 2.11 bits per heavy atom. The maximum Gasteiger partial charge on any atom is 0.254 e. The van der Waals surface area contributed by atoms with Gasteiger partial charge in [-0.1, -0.05) is 6.07 Å². The van der Waals surface area contributed by atoms with Crippen LogP contribution in [0.25, 0.3) is 0 Å².